The fourth-order valence-electron chi connectivity index (χ4n) is 3.89. The number of rotatable bonds is 5. The minimum absolute atomic E-state index is 0.284. The molecule has 3 heteroatoms. The summed E-state index contributed by atoms with van der Waals surface area (Å²) in [4.78, 5) is 15.8. The lowest BCUT2D eigenvalue weighted by Gasteiger charge is -2.40. The van der Waals surface area contributed by atoms with Crippen molar-refractivity contribution >= 4 is 12.0 Å². The lowest BCUT2D eigenvalue weighted by atomic mass is 9.96. The molecule has 0 aromatic heterocycles. The van der Waals surface area contributed by atoms with Crippen LogP contribution < -0.4 is 4.90 Å². The van der Waals surface area contributed by atoms with Gasteiger partial charge in [0.1, 0.15) is 6.29 Å². The molecule has 1 fully saturated rings. The van der Waals surface area contributed by atoms with Crippen LogP contribution in [-0.4, -0.2) is 37.4 Å². The summed E-state index contributed by atoms with van der Waals surface area (Å²) in [5.74, 6) is 0. The van der Waals surface area contributed by atoms with Crippen LogP contribution in [0.25, 0.3) is 0 Å². The maximum Gasteiger partial charge on any atom is 0.150 e. The van der Waals surface area contributed by atoms with Crippen molar-refractivity contribution in [1.29, 1.82) is 0 Å². The van der Waals surface area contributed by atoms with Gasteiger partial charge in [-0.15, -0.1) is 0 Å². The van der Waals surface area contributed by atoms with Crippen LogP contribution >= 0.6 is 0 Å². The smallest absolute Gasteiger partial charge is 0.150 e. The number of hydrogen-bond donors (Lipinski definition) is 0. The number of aldehydes is 1. The molecule has 0 radical (unpaired) electrons. The maximum absolute atomic E-state index is 10.9. The molecule has 4 rings (SSSR count). The molecule has 3 nitrogen and oxygen atoms in total. The number of piperazine rings is 1. The number of carbonyl (C=O) groups is 1. The topological polar surface area (TPSA) is 23.6 Å². The third-order valence-electron chi connectivity index (χ3n) is 5.30. The summed E-state index contributed by atoms with van der Waals surface area (Å²) in [7, 11) is 0. The molecule has 27 heavy (non-hydrogen) atoms. The molecule has 3 aromatic carbocycles. The van der Waals surface area contributed by atoms with Gasteiger partial charge in [-0.05, 0) is 35.4 Å². The SMILES string of the molecule is O=Cc1ccc(N2CCN(C(c3ccccc3)c3ccccc3)CC2)cc1. The van der Waals surface area contributed by atoms with Gasteiger partial charge in [0.25, 0.3) is 0 Å². The second-order valence-electron chi connectivity index (χ2n) is 6.96. The first-order valence-electron chi connectivity index (χ1n) is 9.49. The number of carbonyl (C=O) groups excluding carboxylic acids is 1. The molecule has 1 heterocycles. The summed E-state index contributed by atoms with van der Waals surface area (Å²) < 4.78 is 0. The van der Waals surface area contributed by atoms with Crippen molar-refractivity contribution < 1.29 is 4.79 Å². The first-order valence-corrected chi connectivity index (χ1v) is 9.49. The van der Waals surface area contributed by atoms with E-state index in [1.54, 1.807) is 0 Å². The van der Waals surface area contributed by atoms with Gasteiger partial charge in [0, 0.05) is 37.4 Å². The highest BCUT2D eigenvalue weighted by Crippen LogP contribution is 2.30. The molecular formula is C24H24N2O. The summed E-state index contributed by atoms with van der Waals surface area (Å²) >= 11 is 0. The van der Waals surface area contributed by atoms with Crippen molar-refractivity contribution in [3.05, 3.63) is 102 Å². The molecule has 0 aliphatic carbocycles. The third-order valence-corrected chi connectivity index (χ3v) is 5.30. The van der Waals surface area contributed by atoms with E-state index in [1.165, 1.54) is 16.8 Å². The van der Waals surface area contributed by atoms with Crippen LogP contribution in [0, 0.1) is 0 Å². The van der Waals surface area contributed by atoms with Crippen LogP contribution in [0.2, 0.25) is 0 Å². The van der Waals surface area contributed by atoms with Crippen LogP contribution in [0.5, 0.6) is 0 Å². The highest BCUT2D eigenvalue weighted by molar-refractivity contribution is 5.75. The van der Waals surface area contributed by atoms with E-state index in [2.05, 4.69) is 70.5 Å². The molecule has 1 aliphatic heterocycles. The molecular weight excluding hydrogens is 332 g/mol. The largest absolute Gasteiger partial charge is 0.369 e. The molecule has 3 aromatic rings. The second kappa shape index (κ2) is 8.19. The van der Waals surface area contributed by atoms with Crippen molar-refractivity contribution in [2.45, 2.75) is 6.04 Å². The Morgan fingerprint density at radius 3 is 1.67 bits per heavy atom. The van der Waals surface area contributed by atoms with E-state index in [4.69, 9.17) is 0 Å². The molecule has 1 saturated heterocycles. The normalized spacial score (nSPS) is 15.1. The van der Waals surface area contributed by atoms with Gasteiger partial charge in [0.05, 0.1) is 6.04 Å². The number of hydrogen-bond acceptors (Lipinski definition) is 3. The number of nitrogens with zero attached hydrogens (tertiary/aromatic N) is 2. The van der Waals surface area contributed by atoms with Gasteiger partial charge in [-0.1, -0.05) is 60.7 Å². The average molecular weight is 356 g/mol. The summed E-state index contributed by atoms with van der Waals surface area (Å²) in [6.45, 7) is 3.97. The Balaban J connectivity index is 1.52. The van der Waals surface area contributed by atoms with Crippen LogP contribution in [-0.2, 0) is 0 Å². The summed E-state index contributed by atoms with van der Waals surface area (Å²) in [5, 5.41) is 0. The molecule has 136 valence electrons. The lowest BCUT2D eigenvalue weighted by Crippen LogP contribution is -2.48. The first kappa shape index (κ1) is 17.5. The van der Waals surface area contributed by atoms with E-state index < -0.39 is 0 Å². The van der Waals surface area contributed by atoms with E-state index in [1.807, 2.05) is 24.3 Å². The van der Waals surface area contributed by atoms with Gasteiger partial charge in [-0.2, -0.15) is 0 Å². The zero-order valence-corrected chi connectivity index (χ0v) is 15.4. The van der Waals surface area contributed by atoms with E-state index in [9.17, 15) is 4.79 Å². The van der Waals surface area contributed by atoms with Crippen molar-refractivity contribution in [2.75, 3.05) is 31.1 Å². The summed E-state index contributed by atoms with van der Waals surface area (Å²) in [5.41, 5.74) is 4.60. The highest BCUT2D eigenvalue weighted by atomic mass is 16.1. The zero-order chi connectivity index (χ0) is 18.5. The Bertz CT molecular complexity index is 814. The standard InChI is InChI=1S/C24H24N2O/c27-19-20-11-13-23(14-12-20)25-15-17-26(18-16-25)24(21-7-3-1-4-8-21)22-9-5-2-6-10-22/h1-14,19,24H,15-18H2. The van der Waals surface area contributed by atoms with Gasteiger partial charge in [-0.3, -0.25) is 9.69 Å². The lowest BCUT2D eigenvalue weighted by molar-refractivity contribution is 0.112. The third kappa shape index (κ3) is 3.93. The van der Waals surface area contributed by atoms with Crippen molar-refractivity contribution in [1.82, 2.24) is 4.90 Å². The van der Waals surface area contributed by atoms with Crippen LogP contribution in [0.4, 0.5) is 5.69 Å². The minimum Gasteiger partial charge on any atom is -0.369 e. The van der Waals surface area contributed by atoms with Crippen LogP contribution in [0.1, 0.15) is 27.5 Å². The molecule has 0 atom stereocenters. The van der Waals surface area contributed by atoms with Crippen LogP contribution in [0.15, 0.2) is 84.9 Å². The van der Waals surface area contributed by atoms with Crippen molar-refractivity contribution in [3.63, 3.8) is 0 Å². The first-order chi connectivity index (χ1) is 13.3. The Kier molecular flexibility index (Phi) is 5.31. The fourth-order valence-corrected chi connectivity index (χ4v) is 3.89. The van der Waals surface area contributed by atoms with E-state index in [0.29, 0.717) is 0 Å². The quantitative estimate of drug-likeness (QED) is 0.633. The Labute approximate surface area is 160 Å². The Morgan fingerprint density at radius 1 is 0.667 bits per heavy atom. The van der Waals surface area contributed by atoms with Gasteiger partial charge in [-0.25, -0.2) is 0 Å². The highest BCUT2D eigenvalue weighted by Gasteiger charge is 2.26. The summed E-state index contributed by atoms with van der Waals surface area (Å²) in [6.07, 6.45) is 0.895. The molecule has 0 N–H and O–H groups in total. The van der Waals surface area contributed by atoms with E-state index >= 15 is 0 Å². The van der Waals surface area contributed by atoms with Crippen LogP contribution in [0.3, 0.4) is 0 Å². The minimum atomic E-state index is 0.284. The molecule has 0 unspecified atom stereocenters. The van der Waals surface area contributed by atoms with Gasteiger partial charge >= 0.3 is 0 Å². The molecule has 1 aliphatic rings. The molecule has 0 spiro atoms. The Morgan fingerprint density at radius 2 is 1.19 bits per heavy atom. The van der Waals surface area contributed by atoms with E-state index in [-0.39, 0.29) is 6.04 Å². The predicted octanol–water partition coefficient (Wildman–Crippen LogP) is 4.41. The molecule has 0 amide bonds. The molecule has 0 saturated carbocycles. The maximum atomic E-state index is 10.9. The van der Waals surface area contributed by atoms with Crippen molar-refractivity contribution in [2.24, 2.45) is 0 Å². The number of anilines is 1. The zero-order valence-electron chi connectivity index (χ0n) is 15.4. The Hall–Kier alpha value is -2.91. The second-order valence-corrected chi connectivity index (χ2v) is 6.96. The van der Waals surface area contributed by atoms with E-state index in [0.717, 1.165) is 38.0 Å². The average Bonchev–Trinajstić information content (AvgIpc) is 2.76. The van der Waals surface area contributed by atoms with Gasteiger partial charge in [0.15, 0.2) is 0 Å². The fraction of sp³-hybridized carbons (Fsp3) is 0.208. The summed E-state index contributed by atoms with van der Waals surface area (Å²) in [6, 6.07) is 29.7. The van der Waals surface area contributed by atoms with Crippen molar-refractivity contribution in [3.8, 4) is 0 Å². The molecule has 0 bridgehead atoms. The van der Waals surface area contributed by atoms with Gasteiger partial charge < -0.3 is 4.90 Å². The number of benzene rings is 3. The van der Waals surface area contributed by atoms with Gasteiger partial charge in [0.2, 0.25) is 0 Å². The monoisotopic (exact) mass is 356 g/mol. The predicted molar refractivity (Wildman–Crippen MR) is 110 cm³/mol.